The lowest BCUT2D eigenvalue weighted by Gasteiger charge is -2.58. The van der Waals surface area contributed by atoms with Crippen LogP contribution in [0.1, 0.15) is 73.1 Å². The number of fused-ring (bicyclic) bond motifs is 5. The monoisotopic (exact) mass is 384 g/mol. The summed E-state index contributed by atoms with van der Waals surface area (Å²) in [5.41, 5.74) is 1.15. The van der Waals surface area contributed by atoms with Gasteiger partial charge >= 0.3 is 5.97 Å². The number of rotatable bonds is 2. The van der Waals surface area contributed by atoms with Crippen LogP contribution in [0.15, 0.2) is 23.3 Å². The molecule has 0 saturated heterocycles. The zero-order valence-electron chi connectivity index (χ0n) is 17.8. The Kier molecular flexibility index (Phi) is 4.30. The normalized spacial score (nSPS) is 44.6. The molecular weight excluding hydrogens is 352 g/mol. The smallest absolute Gasteiger partial charge is 0.303 e. The Balaban J connectivity index is 1.79. The summed E-state index contributed by atoms with van der Waals surface area (Å²) in [4.78, 5) is 36.8. The van der Waals surface area contributed by atoms with E-state index in [0.717, 1.165) is 25.7 Å². The third-order valence-corrected chi connectivity index (χ3v) is 8.84. The molecule has 4 aliphatic carbocycles. The van der Waals surface area contributed by atoms with E-state index < -0.39 is 5.60 Å². The molecule has 4 rings (SSSR count). The molecule has 4 heteroatoms. The van der Waals surface area contributed by atoms with Crippen molar-refractivity contribution in [2.75, 3.05) is 0 Å². The summed E-state index contributed by atoms with van der Waals surface area (Å²) < 4.78 is 5.82. The van der Waals surface area contributed by atoms with E-state index in [1.165, 1.54) is 18.1 Å². The molecule has 2 fully saturated rings. The van der Waals surface area contributed by atoms with Crippen LogP contribution >= 0.6 is 0 Å². The highest BCUT2D eigenvalue weighted by molar-refractivity contribution is 5.92. The lowest BCUT2D eigenvalue weighted by molar-refractivity contribution is -0.185. The molecule has 0 aliphatic heterocycles. The quantitative estimate of drug-likeness (QED) is 0.654. The third-order valence-electron chi connectivity index (χ3n) is 8.84. The Morgan fingerprint density at radius 2 is 1.75 bits per heavy atom. The van der Waals surface area contributed by atoms with Crippen LogP contribution in [0.3, 0.4) is 0 Å². The zero-order chi connectivity index (χ0) is 20.5. The van der Waals surface area contributed by atoms with E-state index in [-0.39, 0.29) is 28.4 Å². The molecule has 0 radical (unpaired) electrons. The average Bonchev–Trinajstić information content (AvgIpc) is 2.90. The van der Waals surface area contributed by atoms with Crippen LogP contribution in [-0.2, 0) is 19.1 Å². The van der Waals surface area contributed by atoms with Gasteiger partial charge in [-0.1, -0.05) is 25.5 Å². The van der Waals surface area contributed by atoms with Crippen LogP contribution in [0.5, 0.6) is 0 Å². The molecule has 6 atom stereocenters. The Morgan fingerprint density at radius 3 is 2.39 bits per heavy atom. The van der Waals surface area contributed by atoms with Gasteiger partial charge < -0.3 is 4.74 Å². The molecule has 0 heterocycles. The number of hydrogen-bond donors (Lipinski definition) is 0. The number of carbonyl (C=O) groups excluding carboxylic acids is 3. The second-order valence-corrected chi connectivity index (χ2v) is 10.1. The van der Waals surface area contributed by atoms with Crippen molar-refractivity contribution in [2.24, 2.45) is 28.6 Å². The minimum Gasteiger partial charge on any atom is -0.451 e. The fraction of sp³-hybridized carbons (Fsp3) is 0.708. The van der Waals surface area contributed by atoms with Crippen LogP contribution in [0.4, 0.5) is 0 Å². The molecule has 2 saturated carbocycles. The highest BCUT2D eigenvalue weighted by atomic mass is 16.6. The number of esters is 1. The number of allylic oxidation sites excluding steroid dienone is 4. The van der Waals surface area contributed by atoms with Gasteiger partial charge in [-0.3, -0.25) is 14.4 Å². The van der Waals surface area contributed by atoms with Crippen molar-refractivity contribution in [3.05, 3.63) is 23.3 Å². The first kappa shape index (κ1) is 19.6. The van der Waals surface area contributed by atoms with Gasteiger partial charge in [0.1, 0.15) is 0 Å². The van der Waals surface area contributed by atoms with Crippen molar-refractivity contribution in [1.82, 2.24) is 0 Å². The van der Waals surface area contributed by atoms with Gasteiger partial charge in [0.15, 0.2) is 17.2 Å². The first-order chi connectivity index (χ1) is 13.0. The van der Waals surface area contributed by atoms with Gasteiger partial charge in [-0.05, 0) is 80.8 Å². The van der Waals surface area contributed by atoms with Crippen molar-refractivity contribution < 1.29 is 19.1 Å². The van der Waals surface area contributed by atoms with Gasteiger partial charge in [0, 0.05) is 18.8 Å². The molecule has 4 aliphatic rings. The van der Waals surface area contributed by atoms with E-state index in [1.54, 1.807) is 6.92 Å². The topological polar surface area (TPSA) is 60.4 Å². The van der Waals surface area contributed by atoms with E-state index in [2.05, 4.69) is 26.8 Å². The molecule has 0 aromatic heterocycles. The molecule has 0 aromatic rings. The summed E-state index contributed by atoms with van der Waals surface area (Å²) in [7, 11) is 0. The van der Waals surface area contributed by atoms with Gasteiger partial charge in [-0.25, -0.2) is 0 Å². The van der Waals surface area contributed by atoms with E-state index >= 15 is 0 Å². The molecule has 0 amide bonds. The summed E-state index contributed by atoms with van der Waals surface area (Å²) in [5, 5.41) is 0. The number of ketones is 2. The highest BCUT2D eigenvalue weighted by Crippen LogP contribution is 2.67. The largest absolute Gasteiger partial charge is 0.451 e. The predicted octanol–water partition coefficient (Wildman–Crippen LogP) is 4.58. The maximum absolute atomic E-state index is 12.8. The lowest BCUT2D eigenvalue weighted by Crippen LogP contribution is -2.58. The molecule has 152 valence electrons. The van der Waals surface area contributed by atoms with Gasteiger partial charge in [0.05, 0.1) is 0 Å². The van der Waals surface area contributed by atoms with Crippen molar-refractivity contribution >= 4 is 17.5 Å². The molecule has 0 spiro atoms. The molecular formula is C24H32O4. The van der Waals surface area contributed by atoms with Crippen molar-refractivity contribution in [1.29, 1.82) is 0 Å². The van der Waals surface area contributed by atoms with Gasteiger partial charge in [0.25, 0.3) is 0 Å². The lowest BCUT2D eigenvalue weighted by atomic mass is 9.47. The molecule has 0 bridgehead atoms. The molecule has 4 nitrogen and oxygen atoms in total. The minimum absolute atomic E-state index is 0.0160. The fourth-order valence-corrected chi connectivity index (χ4v) is 7.48. The maximum atomic E-state index is 12.8. The Bertz CT molecular complexity index is 820. The maximum Gasteiger partial charge on any atom is 0.303 e. The van der Waals surface area contributed by atoms with Gasteiger partial charge in [-0.15, -0.1) is 0 Å². The van der Waals surface area contributed by atoms with Crippen LogP contribution in [0.2, 0.25) is 0 Å². The van der Waals surface area contributed by atoms with Crippen LogP contribution in [0.25, 0.3) is 0 Å². The van der Waals surface area contributed by atoms with Crippen LogP contribution in [0, 0.1) is 28.6 Å². The Hall–Kier alpha value is -1.71. The van der Waals surface area contributed by atoms with Crippen LogP contribution < -0.4 is 0 Å². The van der Waals surface area contributed by atoms with Crippen molar-refractivity contribution in [2.45, 2.75) is 78.7 Å². The van der Waals surface area contributed by atoms with Gasteiger partial charge in [0.2, 0.25) is 0 Å². The first-order valence-corrected chi connectivity index (χ1v) is 10.7. The highest BCUT2D eigenvalue weighted by Gasteiger charge is 2.67. The summed E-state index contributed by atoms with van der Waals surface area (Å²) >= 11 is 0. The molecule has 0 aromatic carbocycles. The number of ether oxygens (including phenoxy) is 1. The molecule has 0 unspecified atom stereocenters. The standard InChI is InChI=1S/C24H32O4/c1-14-12-18-19(22(4)9-6-17(27)13-21(14)22)7-10-23(5)20(18)8-11-24(23,15(2)25)28-16(3)26/h12-13,18-20H,6-11H2,1-5H3/t18-,19+,20+,22+,23+,24+/m0/s1. The molecule has 28 heavy (non-hydrogen) atoms. The van der Waals surface area contributed by atoms with Crippen molar-refractivity contribution in [3.8, 4) is 0 Å². The number of carbonyl (C=O) groups is 3. The summed E-state index contributed by atoms with van der Waals surface area (Å²) in [6, 6.07) is 0. The fourth-order valence-electron chi connectivity index (χ4n) is 7.48. The van der Waals surface area contributed by atoms with E-state index in [9.17, 15) is 14.4 Å². The summed E-state index contributed by atoms with van der Waals surface area (Å²) in [6.07, 6.45) is 9.20. The number of hydrogen-bond acceptors (Lipinski definition) is 4. The van der Waals surface area contributed by atoms with Crippen LogP contribution in [-0.4, -0.2) is 23.1 Å². The minimum atomic E-state index is -0.990. The summed E-state index contributed by atoms with van der Waals surface area (Å²) in [6.45, 7) is 9.63. The van der Waals surface area contributed by atoms with E-state index in [0.29, 0.717) is 30.6 Å². The number of Topliss-reactive ketones (excluding diaryl/α,β-unsaturated/α-hetero) is 1. The SMILES string of the molecule is CC(=O)O[C@@]1(C(C)=O)CC[C@@H]2[C@H]3C=C(C)C4=CC(=O)CC[C@]4(C)[C@@H]3CC[C@]21C. The van der Waals surface area contributed by atoms with E-state index in [1.807, 2.05) is 6.08 Å². The van der Waals surface area contributed by atoms with Gasteiger partial charge in [-0.2, -0.15) is 0 Å². The third kappa shape index (κ3) is 2.39. The zero-order valence-corrected chi connectivity index (χ0v) is 17.8. The first-order valence-electron chi connectivity index (χ1n) is 10.7. The second kappa shape index (κ2) is 6.14. The average molecular weight is 385 g/mol. The van der Waals surface area contributed by atoms with Crippen molar-refractivity contribution in [3.63, 3.8) is 0 Å². The second-order valence-electron chi connectivity index (χ2n) is 10.1. The van der Waals surface area contributed by atoms with E-state index in [4.69, 9.17) is 4.74 Å². The molecule has 0 N–H and O–H groups in total. The Labute approximate surface area is 167 Å². The summed E-state index contributed by atoms with van der Waals surface area (Å²) in [5.74, 6) is 1.03. The predicted molar refractivity (Wildman–Crippen MR) is 106 cm³/mol. The Morgan fingerprint density at radius 1 is 1.07 bits per heavy atom.